The van der Waals surface area contributed by atoms with Gasteiger partial charge >= 0.3 is 0 Å². The summed E-state index contributed by atoms with van der Waals surface area (Å²) >= 11 is 3.24. The fourth-order valence-electron chi connectivity index (χ4n) is 1.86. The van der Waals surface area contributed by atoms with E-state index in [4.69, 9.17) is 5.73 Å². The second-order valence-corrected chi connectivity index (χ2v) is 5.18. The van der Waals surface area contributed by atoms with E-state index in [1.807, 2.05) is 18.2 Å². The Morgan fingerprint density at radius 2 is 1.89 bits per heavy atom. The summed E-state index contributed by atoms with van der Waals surface area (Å²) in [6.45, 7) is 0. The van der Waals surface area contributed by atoms with E-state index in [2.05, 4.69) is 20.9 Å². The second-order valence-electron chi connectivity index (χ2n) is 4.26. The van der Waals surface area contributed by atoms with Gasteiger partial charge in [-0.2, -0.15) is 0 Å². The van der Waals surface area contributed by atoms with Crippen molar-refractivity contribution in [3.63, 3.8) is 0 Å². The Balaban J connectivity index is 2.01. The van der Waals surface area contributed by atoms with Crippen molar-refractivity contribution in [2.24, 2.45) is 5.73 Å². The van der Waals surface area contributed by atoms with Crippen molar-refractivity contribution in [1.29, 1.82) is 0 Å². The molecule has 0 aliphatic heterocycles. The smallest absolute Gasteiger partial charge is 0.127 e. The summed E-state index contributed by atoms with van der Waals surface area (Å²) in [5.74, 6) is -0.213. The number of halogens is 2. The summed E-state index contributed by atoms with van der Waals surface area (Å²) in [6, 6.07) is 8.83. The van der Waals surface area contributed by atoms with Crippen LogP contribution in [0.5, 0.6) is 0 Å². The van der Waals surface area contributed by atoms with Crippen LogP contribution in [0.2, 0.25) is 0 Å². The van der Waals surface area contributed by atoms with E-state index in [0.29, 0.717) is 12.0 Å². The highest BCUT2D eigenvalue weighted by atomic mass is 79.9. The number of rotatable bonds is 4. The molecule has 0 fully saturated rings. The topological polar surface area (TPSA) is 38.9 Å². The lowest BCUT2D eigenvalue weighted by Crippen LogP contribution is -2.26. The van der Waals surface area contributed by atoms with Crippen LogP contribution < -0.4 is 5.73 Å². The number of pyridine rings is 1. The van der Waals surface area contributed by atoms with Gasteiger partial charge < -0.3 is 5.73 Å². The molecule has 1 heterocycles. The molecule has 0 bridgehead atoms. The molecular formula is C14H14BrFN2. The average Bonchev–Trinajstić information content (AvgIpc) is 2.34. The van der Waals surface area contributed by atoms with Gasteiger partial charge in [0.15, 0.2) is 0 Å². The van der Waals surface area contributed by atoms with Crippen molar-refractivity contribution in [1.82, 2.24) is 4.98 Å². The minimum absolute atomic E-state index is 0.0944. The summed E-state index contributed by atoms with van der Waals surface area (Å²) in [4.78, 5) is 3.95. The van der Waals surface area contributed by atoms with E-state index in [-0.39, 0.29) is 11.9 Å². The van der Waals surface area contributed by atoms with Crippen LogP contribution >= 0.6 is 15.9 Å². The number of benzene rings is 1. The van der Waals surface area contributed by atoms with Gasteiger partial charge in [-0.25, -0.2) is 4.39 Å². The highest BCUT2D eigenvalue weighted by molar-refractivity contribution is 9.10. The molecule has 18 heavy (non-hydrogen) atoms. The normalized spacial score (nSPS) is 12.4. The zero-order valence-electron chi connectivity index (χ0n) is 9.81. The maximum Gasteiger partial charge on any atom is 0.127 e. The Morgan fingerprint density at radius 1 is 1.17 bits per heavy atom. The van der Waals surface area contributed by atoms with E-state index < -0.39 is 0 Å². The summed E-state index contributed by atoms with van der Waals surface area (Å²) in [5.41, 5.74) is 7.82. The third-order valence-electron chi connectivity index (χ3n) is 2.74. The zero-order valence-corrected chi connectivity index (χ0v) is 11.4. The Kier molecular flexibility index (Phi) is 4.44. The number of nitrogens with zero attached hydrogens (tertiary/aromatic N) is 1. The molecule has 2 nitrogen and oxygen atoms in total. The summed E-state index contributed by atoms with van der Waals surface area (Å²) in [5, 5.41) is 0. The summed E-state index contributed by atoms with van der Waals surface area (Å²) in [7, 11) is 0. The highest BCUT2D eigenvalue weighted by Gasteiger charge is 2.09. The lowest BCUT2D eigenvalue weighted by molar-refractivity contribution is 0.583. The Morgan fingerprint density at radius 3 is 2.56 bits per heavy atom. The van der Waals surface area contributed by atoms with Crippen molar-refractivity contribution in [2.75, 3.05) is 0 Å². The molecule has 0 spiro atoms. The first-order valence-corrected chi connectivity index (χ1v) is 6.53. The molecule has 2 rings (SSSR count). The molecule has 1 aromatic carbocycles. The molecule has 1 aromatic heterocycles. The fourth-order valence-corrected chi connectivity index (χ4v) is 2.20. The van der Waals surface area contributed by atoms with E-state index in [0.717, 1.165) is 16.5 Å². The predicted octanol–water partition coefficient (Wildman–Crippen LogP) is 3.10. The molecule has 1 unspecified atom stereocenters. The molecule has 0 radical (unpaired) electrons. The van der Waals surface area contributed by atoms with Crippen molar-refractivity contribution < 1.29 is 4.39 Å². The monoisotopic (exact) mass is 308 g/mol. The molecule has 0 saturated heterocycles. The first kappa shape index (κ1) is 13.2. The summed E-state index contributed by atoms with van der Waals surface area (Å²) < 4.78 is 14.4. The quantitative estimate of drug-likeness (QED) is 0.942. The largest absolute Gasteiger partial charge is 0.327 e. The van der Waals surface area contributed by atoms with Crippen molar-refractivity contribution in [3.05, 3.63) is 64.1 Å². The van der Waals surface area contributed by atoms with Crippen molar-refractivity contribution in [2.45, 2.75) is 18.9 Å². The van der Waals surface area contributed by atoms with Gasteiger partial charge in [0.05, 0.1) is 0 Å². The Hall–Kier alpha value is -1.26. The van der Waals surface area contributed by atoms with Gasteiger partial charge in [-0.1, -0.05) is 22.0 Å². The molecule has 2 N–H and O–H groups in total. The lowest BCUT2D eigenvalue weighted by Gasteiger charge is -2.12. The first-order chi connectivity index (χ1) is 8.65. The average molecular weight is 309 g/mol. The van der Waals surface area contributed by atoms with Gasteiger partial charge in [0.1, 0.15) is 5.82 Å². The van der Waals surface area contributed by atoms with Gasteiger partial charge in [-0.15, -0.1) is 0 Å². The number of hydrogen-bond acceptors (Lipinski definition) is 2. The van der Waals surface area contributed by atoms with Gasteiger partial charge in [-0.3, -0.25) is 4.98 Å². The molecule has 0 saturated carbocycles. The van der Waals surface area contributed by atoms with Crippen molar-refractivity contribution in [3.8, 4) is 0 Å². The van der Waals surface area contributed by atoms with Gasteiger partial charge in [-0.05, 0) is 48.2 Å². The number of hydrogen-bond donors (Lipinski definition) is 1. The minimum Gasteiger partial charge on any atom is -0.327 e. The molecule has 2 aromatic rings. The van der Waals surface area contributed by atoms with Crippen molar-refractivity contribution >= 4 is 15.9 Å². The molecular weight excluding hydrogens is 295 g/mol. The van der Waals surface area contributed by atoms with Crippen LogP contribution in [0.3, 0.4) is 0 Å². The molecule has 1 atom stereocenters. The minimum atomic E-state index is -0.213. The van der Waals surface area contributed by atoms with Crippen LogP contribution in [-0.4, -0.2) is 11.0 Å². The van der Waals surface area contributed by atoms with Crippen LogP contribution in [0.25, 0.3) is 0 Å². The fraction of sp³-hybridized carbons (Fsp3) is 0.214. The molecule has 0 aliphatic rings. The van der Waals surface area contributed by atoms with Gasteiger partial charge in [0.2, 0.25) is 0 Å². The van der Waals surface area contributed by atoms with Crippen LogP contribution in [0, 0.1) is 5.82 Å². The van der Waals surface area contributed by atoms with Crippen LogP contribution in [0.15, 0.2) is 47.2 Å². The maximum atomic E-state index is 13.7. The van der Waals surface area contributed by atoms with Gasteiger partial charge in [0, 0.05) is 22.9 Å². The third-order valence-corrected chi connectivity index (χ3v) is 3.24. The van der Waals surface area contributed by atoms with Crippen LogP contribution in [0.1, 0.15) is 11.1 Å². The van der Waals surface area contributed by atoms with Gasteiger partial charge in [0.25, 0.3) is 0 Å². The molecule has 0 aliphatic carbocycles. The predicted molar refractivity (Wildman–Crippen MR) is 73.7 cm³/mol. The van der Waals surface area contributed by atoms with Crippen LogP contribution in [0.4, 0.5) is 4.39 Å². The zero-order chi connectivity index (χ0) is 13.0. The summed E-state index contributed by atoms with van der Waals surface area (Å²) in [6.07, 6.45) is 4.73. The maximum absolute atomic E-state index is 13.7. The third kappa shape index (κ3) is 3.62. The first-order valence-electron chi connectivity index (χ1n) is 5.73. The second kappa shape index (κ2) is 6.07. The molecule has 4 heteroatoms. The molecule has 94 valence electrons. The van der Waals surface area contributed by atoms with E-state index >= 15 is 0 Å². The standard InChI is InChI=1S/C14H14BrFN2/c15-12-2-1-11(14(16)9-12)8-13(17)7-10-3-5-18-6-4-10/h1-6,9,13H,7-8,17H2. The van der Waals surface area contributed by atoms with E-state index in [9.17, 15) is 4.39 Å². The van der Waals surface area contributed by atoms with Crippen LogP contribution in [-0.2, 0) is 12.8 Å². The van der Waals surface area contributed by atoms with E-state index in [1.54, 1.807) is 18.5 Å². The highest BCUT2D eigenvalue weighted by Crippen LogP contribution is 2.17. The number of nitrogens with two attached hydrogens (primary N) is 1. The molecule has 0 amide bonds. The van der Waals surface area contributed by atoms with E-state index in [1.165, 1.54) is 6.07 Å². The Labute approximate surface area is 114 Å². The lowest BCUT2D eigenvalue weighted by atomic mass is 10.0. The SMILES string of the molecule is NC(Cc1ccncc1)Cc1ccc(Br)cc1F. The number of aromatic nitrogens is 1. The Bertz CT molecular complexity index is 516.